The second kappa shape index (κ2) is 11.6. The molecule has 0 aromatic rings. The second-order valence-electron chi connectivity index (χ2n) is 4.93. The van der Waals surface area contributed by atoms with Gasteiger partial charge in [-0.1, -0.05) is 0 Å². The van der Waals surface area contributed by atoms with E-state index >= 15 is 0 Å². The van der Waals surface area contributed by atoms with Gasteiger partial charge < -0.3 is 14.8 Å². The highest BCUT2D eigenvalue weighted by molar-refractivity contribution is 7.87. The van der Waals surface area contributed by atoms with Crippen LogP contribution in [0.1, 0.15) is 12.8 Å². The van der Waals surface area contributed by atoms with Crippen molar-refractivity contribution in [1.82, 2.24) is 14.3 Å². The van der Waals surface area contributed by atoms with Crippen LogP contribution in [0.2, 0.25) is 0 Å². The maximum Gasteiger partial charge on any atom is 0.279 e. The van der Waals surface area contributed by atoms with E-state index in [0.717, 1.165) is 25.9 Å². The fourth-order valence-electron chi connectivity index (χ4n) is 2.18. The number of rotatable bonds is 11. The summed E-state index contributed by atoms with van der Waals surface area (Å²) in [5.74, 6) is 0.573. The third-order valence-electron chi connectivity index (χ3n) is 3.43. The SMILES string of the molecule is COCCN(CCOC)S(=O)(=O)NCCC1CCNC1.Cl. The molecule has 21 heavy (non-hydrogen) atoms. The van der Waals surface area contributed by atoms with E-state index in [1.807, 2.05) is 0 Å². The Morgan fingerprint density at radius 1 is 1.24 bits per heavy atom. The van der Waals surface area contributed by atoms with Crippen molar-refractivity contribution >= 4 is 22.6 Å². The van der Waals surface area contributed by atoms with E-state index in [9.17, 15) is 8.42 Å². The zero-order chi connectivity index (χ0) is 14.8. The van der Waals surface area contributed by atoms with E-state index in [4.69, 9.17) is 9.47 Å². The number of halogens is 1. The van der Waals surface area contributed by atoms with Crippen LogP contribution < -0.4 is 10.0 Å². The molecule has 1 aliphatic heterocycles. The Balaban J connectivity index is 0.00000400. The maximum absolute atomic E-state index is 12.2. The first-order valence-corrected chi connectivity index (χ1v) is 8.47. The highest BCUT2D eigenvalue weighted by atomic mass is 35.5. The molecule has 0 aliphatic carbocycles. The van der Waals surface area contributed by atoms with Gasteiger partial charge in [0.15, 0.2) is 0 Å². The molecule has 2 N–H and O–H groups in total. The summed E-state index contributed by atoms with van der Waals surface area (Å²) in [6, 6.07) is 0. The van der Waals surface area contributed by atoms with Crippen LogP contribution in [0.25, 0.3) is 0 Å². The molecular weight excluding hydrogens is 318 g/mol. The van der Waals surface area contributed by atoms with E-state index in [-0.39, 0.29) is 12.4 Å². The van der Waals surface area contributed by atoms with Crippen molar-refractivity contribution in [1.29, 1.82) is 0 Å². The average molecular weight is 346 g/mol. The normalized spacial score (nSPS) is 18.9. The van der Waals surface area contributed by atoms with E-state index in [2.05, 4.69) is 10.0 Å². The Morgan fingerprint density at radius 3 is 2.33 bits per heavy atom. The highest BCUT2D eigenvalue weighted by Crippen LogP contribution is 2.11. The Hall–Kier alpha value is 0.0400. The summed E-state index contributed by atoms with van der Waals surface area (Å²) in [5.41, 5.74) is 0. The van der Waals surface area contributed by atoms with Crippen LogP contribution in [-0.2, 0) is 19.7 Å². The van der Waals surface area contributed by atoms with Gasteiger partial charge in [0.2, 0.25) is 0 Å². The monoisotopic (exact) mass is 345 g/mol. The highest BCUT2D eigenvalue weighted by Gasteiger charge is 2.22. The lowest BCUT2D eigenvalue weighted by molar-refractivity contribution is 0.149. The zero-order valence-corrected chi connectivity index (χ0v) is 14.5. The van der Waals surface area contributed by atoms with E-state index < -0.39 is 10.2 Å². The Kier molecular flexibility index (Phi) is 11.6. The molecule has 1 saturated heterocycles. The fraction of sp³-hybridized carbons (Fsp3) is 1.00. The maximum atomic E-state index is 12.2. The zero-order valence-electron chi connectivity index (χ0n) is 12.8. The lowest BCUT2D eigenvalue weighted by Crippen LogP contribution is -2.44. The van der Waals surface area contributed by atoms with E-state index in [1.165, 1.54) is 4.31 Å². The Labute approximate surface area is 134 Å². The molecule has 0 bridgehead atoms. The van der Waals surface area contributed by atoms with E-state index in [1.54, 1.807) is 14.2 Å². The van der Waals surface area contributed by atoms with Gasteiger partial charge in [-0.05, 0) is 31.8 Å². The Morgan fingerprint density at radius 2 is 1.86 bits per heavy atom. The van der Waals surface area contributed by atoms with Crippen molar-refractivity contribution in [3.05, 3.63) is 0 Å². The summed E-state index contributed by atoms with van der Waals surface area (Å²) in [4.78, 5) is 0. The van der Waals surface area contributed by atoms with Crippen LogP contribution in [0, 0.1) is 5.92 Å². The predicted molar refractivity (Wildman–Crippen MR) is 85.1 cm³/mol. The summed E-state index contributed by atoms with van der Waals surface area (Å²) in [6.45, 7) is 3.91. The van der Waals surface area contributed by atoms with Crippen molar-refractivity contribution < 1.29 is 17.9 Å². The molecule has 0 saturated carbocycles. The third kappa shape index (κ3) is 8.29. The molecule has 9 heteroatoms. The van der Waals surface area contributed by atoms with Crippen LogP contribution in [0.15, 0.2) is 0 Å². The smallest absolute Gasteiger partial charge is 0.279 e. The first-order chi connectivity index (χ1) is 9.60. The molecule has 1 aliphatic rings. The number of hydrogen-bond donors (Lipinski definition) is 2. The molecule has 0 spiro atoms. The summed E-state index contributed by atoms with van der Waals surface area (Å²) in [5, 5.41) is 3.28. The molecule has 0 aromatic heterocycles. The number of methoxy groups -OCH3 is 2. The van der Waals surface area contributed by atoms with E-state index in [0.29, 0.717) is 38.8 Å². The van der Waals surface area contributed by atoms with Gasteiger partial charge in [0, 0.05) is 33.9 Å². The number of nitrogens with one attached hydrogen (secondary N) is 2. The molecule has 7 nitrogen and oxygen atoms in total. The minimum Gasteiger partial charge on any atom is -0.383 e. The van der Waals surface area contributed by atoms with Crippen molar-refractivity contribution in [3.8, 4) is 0 Å². The molecule has 128 valence electrons. The van der Waals surface area contributed by atoms with Crippen LogP contribution in [0.3, 0.4) is 0 Å². The van der Waals surface area contributed by atoms with Crippen LogP contribution in [0.5, 0.6) is 0 Å². The summed E-state index contributed by atoms with van der Waals surface area (Å²) in [7, 11) is -0.341. The van der Waals surface area contributed by atoms with Gasteiger partial charge in [0.25, 0.3) is 10.2 Å². The van der Waals surface area contributed by atoms with Crippen molar-refractivity contribution in [3.63, 3.8) is 0 Å². The first kappa shape index (κ1) is 21.0. The molecule has 0 radical (unpaired) electrons. The lowest BCUT2D eigenvalue weighted by Gasteiger charge is -2.22. The Bertz CT molecular complexity index is 342. The molecule has 1 unspecified atom stereocenters. The predicted octanol–water partition coefficient (Wildman–Crippen LogP) is -0.163. The molecule has 1 fully saturated rings. The average Bonchev–Trinajstić information content (AvgIpc) is 2.91. The number of nitrogens with zero attached hydrogens (tertiary/aromatic N) is 1. The van der Waals surface area contributed by atoms with Gasteiger partial charge in [0.05, 0.1) is 13.2 Å². The fourth-order valence-corrected chi connectivity index (χ4v) is 3.37. The van der Waals surface area contributed by atoms with Crippen molar-refractivity contribution in [2.45, 2.75) is 12.8 Å². The van der Waals surface area contributed by atoms with Crippen LogP contribution >= 0.6 is 12.4 Å². The van der Waals surface area contributed by atoms with Crippen LogP contribution in [0.4, 0.5) is 0 Å². The summed E-state index contributed by atoms with van der Waals surface area (Å²) >= 11 is 0. The van der Waals surface area contributed by atoms with Gasteiger partial charge in [-0.2, -0.15) is 12.7 Å². The van der Waals surface area contributed by atoms with Gasteiger partial charge in [0.1, 0.15) is 0 Å². The minimum atomic E-state index is -3.46. The number of hydrogen-bond acceptors (Lipinski definition) is 5. The number of ether oxygens (including phenoxy) is 2. The molecule has 1 atom stereocenters. The van der Waals surface area contributed by atoms with Crippen molar-refractivity contribution in [2.24, 2.45) is 5.92 Å². The third-order valence-corrected chi connectivity index (χ3v) is 5.04. The molecule has 0 aromatic carbocycles. The largest absolute Gasteiger partial charge is 0.383 e. The van der Waals surface area contributed by atoms with Crippen molar-refractivity contribution in [2.75, 3.05) is 60.2 Å². The van der Waals surface area contributed by atoms with Gasteiger partial charge in [-0.25, -0.2) is 4.72 Å². The second-order valence-corrected chi connectivity index (χ2v) is 6.69. The summed E-state index contributed by atoms with van der Waals surface area (Å²) in [6.07, 6.45) is 1.99. The summed E-state index contributed by atoms with van der Waals surface area (Å²) < 4.78 is 38.3. The molecule has 0 amide bonds. The van der Waals surface area contributed by atoms with Crippen LogP contribution in [-0.4, -0.2) is 72.9 Å². The molecular formula is C12H28ClN3O4S. The topological polar surface area (TPSA) is 79.9 Å². The van der Waals surface area contributed by atoms with Gasteiger partial charge in [-0.3, -0.25) is 0 Å². The molecule has 1 heterocycles. The molecule has 1 rings (SSSR count). The lowest BCUT2D eigenvalue weighted by atomic mass is 10.1. The minimum absolute atomic E-state index is 0. The first-order valence-electron chi connectivity index (χ1n) is 7.03. The quantitative estimate of drug-likeness (QED) is 0.544. The standard InChI is InChI=1S/C12H27N3O4S.ClH/c1-18-9-7-15(8-10-19-2)20(16,17)14-6-4-12-3-5-13-11-12;/h12-14H,3-11H2,1-2H3;1H. The van der Waals surface area contributed by atoms with Gasteiger partial charge in [-0.15, -0.1) is 12.4 Å². The van der Waals surface area contributed by atoms with Gasteiger partial charge >= 0.3 is 0 Å².